The minimum absolute atomic E-state index is 0.0236. The maximum absolute atomic E-state index is 11.5. The summed E-state index contributed by atoms with van der Waals surface area (Å²) >= 11 is 0. The Morgan fingerprint density at radius 3 is 2.25 bits per heavy atom. The van der Waals surface area contributed by atoms with Crippen LogP contribution in [0, 0.1) is 13.8 Å². The molecule has 0 aliphatic rings. The molecule has 1 aromatic heterocycles. The summed E-state index contributed by atoms with van der Waals surface area (Å²) in [6.07, 6.45) is 0. The molecule has 0 bridgehead atoms. The molecule has 0 saturated heterocycles. The van der Waals surface area contributed by atoms with Crippen molar-refractivity contribution in [2.24, 2.45) is 12.8 Å². The number of nitrogens with two attached hydrogens (primary N) is 1. The predicted molar refractivity (Wildman–Crippen MR) is 48.2 cm³/mol. The first kappa shape index (κ1) is 9.06. The van der Waals surface area contributed by atoms with Crippen LogP contribution in [0.4, 0.5) is 0 Å². The zero-order valence-electron chi connectivity index (χ0n) is 7.79. The summed E-state index contributed by atoms with van der Waals surface area (Å²) in [4.78, 5) is 11.5. The topological polar surface area (TPSA) is 52.9 Å². The van der Waals surface area contributed by atoms with E-state index in [4.69, 9.17) is 5.73 Å². The highest BCUT2D eigenvalue weighted by atomic mass is 16.1. The van der Waals surface area contributed by atoms with Crippen LogP contribution in [0.3, 0.4) is 0 Å². The third-order valence-corrected chi connectivity index (χ3v) is 2.30. The van der Waals surface area contributed by atoms with Crippen LogP contribution >= 0.6 is 0 Å². The van der Waals surface area contributed by atoms with Gasteiger partial charge in [-0.2, -0.15) is 0 Å². The number of nitrogens with zero attached hydrogens (tertiary/aromatic N) is 2. The SMILES string of the molecule is Cc1c(C)n(CCN)c(=O)n1C. The van der Waals surface area contributed by atoms with Gasteiger partial charge in [-0.05, 0) is 13.8 Å². The zero-order valence-corrected chi connectivity index (χ0v) is 7.79. The lowest BCUT2D eigenvalue weighted by atomic mass is 10.4. The number of hydrogen-bond acceptors (Lipinski definition) is 2. The Hall–Kier alpha value is -1.03. The van der Waals surface area contributed by atoms with Gasteiger partial charge in [0.2, 0.25) is 0 Å². The maximum Gasteiger partial charge on any atom is 0.328 e. The summed E-state index contributed by atoms with van der Waals surface area (Å²) in [7, 11) is 1.78. The molecule has 4 nitrogen and oxygen atoms in total. The molecule has 0 aromatic carbocycles. The molecule has 1 heterocycles. The molecular formula is C8H15N3O. The highest BCUT2D eigenvalue weighted by molar-refractivity contribution is 5.10. The van der Waals surface area contributed by atoms with E-state index in [1.165, 1.54) is 0 Å². The molecule has 0 aliphatic carbocycles. The second kappa shape index (κ2) is 3.15. The molecule has 0 saturated carbocycles. The van der Waals surface area contributed by atoms with Gasteiger partial charge in [0.05, 0.1) is 0 Å². The minimum Gasteiger partial charge on any atom is -0.329 e. The lowest BCUT2D eigenvalue weighted by Crippen LogP contribution is -2.26. The normalized spacial score (nSPS) is 10.7. The van der Waals surface area contributed by atoms with Crippen molar-refractivity contribution in [1.82, 2.24) is 9.13 Å². The standard InChI is InChI=1S/C8H15N3O/c1-6-7(2)11(5-4-9)8(12)10(6)3/h4-5,9H2,1-3H3. The van der Waals surface area contributed by atoms with E-state index < -0.39 is 0 Å². The van der Waals surface area contributed by atoms with Gasteiger partial charge >= 0.3 is 5.69 Å². The first-order chi connectivity index (χ1) is 5.59. The molecule has 1 aromatic rings. The van der Waals surface area contributed by atoms with Gasteiger partial charge in [-0.1, -0.05) is 0 Å². The fourth-order valence-electron chi connectivity index (χ4n) is 1.30. The average Bonchev–Trinajstić information content (AvgIpc) is 2.23. The van der Waals surface area contributed by atoms with Crippen molar-refractivity contribution in [3.8, 4) is 0 Å². The molecule has 68 valence electrons. The van der Waals surface area contributed by atoms with Crippen molar-refractivity contribution < 1.29 is 0 Å². The van der Waals surface area contributed by atoms with Crippen LogP contribution in [0.1, 0.15) is 11.4 Å². The van der Waals surface area contributed by atoms with Gasteiger partial charge in [0, 0.05) is 31.5 Å². The molecule has 0 aliphatic heterocycles. The third kappa shape index (κ3) is 1.18. The van der Waals surface area contributed by atoms with Gasteiger partial charge in [-0.15, -0.1) is 0 Å². The molecule has 1 rings (SSSR count). The highest BCUT2D eigenvalue weighted by Gasteiger charge is 2.08. The zero-order chi connectivity index (χ0) is 9.30. The molecule has 2 N–H and O–H groups in total. The summed E-state index contributed by atoms with van der Waals surface area (Å²) in [5.41, 5.74) is 7.43. The van der Waals surface area contributed by atoms with Crippen LogP contribution in [-0.4, -0.2) is 15.7 Å². The molecule has 12 heavy (non-hydrogen) atoms. The maximum atomic E-state index is 11.5. The number of hydrogen-bond donors (Lipinski definition) is 1. The van der Waals surface area contributed by atoms with Gasteiger partial charge in [0.25, 0.3) is 0 Å². The van der Waals surface area contributed by atoms with Crippen LogP contribution in [0.2, 0.25) is 0 Å². The van der Waals surface area contributed by atoms with Crippen molar-refractivity contribution in [3.63, 3.8) is 0 Å². The molecule has 0 unspecified atom stereocenters. The smallest absolute Gasteiger partial charge is 0.328 e. The van der Waals surface area contributed by atoms with E-state index in [1.807, 2.05) is 13.8 Å². The van der Waals surface area contributed by atoms with Crippen LogP contribution in [0.25, 0.3) is 0 Å². The fraction of sp³-hybridized carbons (Fsp3) is 0.625. The molecule has 0 amide bonds. The summed E-state index contributed by atoms with van der Waals surface area (Å²) in [5, 5.41) is 0. The predicted octanol–water partition coefficient (Wildman–Crippen LogP) is -0.238. The Morgan fingerprint density at radius 2 is 1.92 bits per heavy atom. The Morgan fingerprint density at radius 1 is 1.33 bits per heavy atom. The summed E-state index contributed by atoms with van der Waals surface area (Å²) in [6.45, 7) is 4.98. The summed E-state index contributed by atoms with van der Waals surface area (Å²) in [5.74, 6) is 0. The lowest BCUT2D eigenvalue weighted by Gasteiger charge is -1.99. The molecule has 0 fully saturated rings. The van der Waals surface area contributed by atoms with Crippen molar-refractivity contribution in [1.29, 1.82) is 0 Å². The molecule has 0 spiro atoms. The second-order valence-electron chi connectivity index (χ2n) is 2.95. The first-order valence-corrected chi connectivity index (χ1v) is 4.02. The molecule has 0 atom stereocenters. The van der Waals surface area contributed by atoms with Gasteiger partial charge in [0.1, 0.15) is 0 Å². The lowest BCUT2D eigenvalue weighted by molar-refractivity contribution is 0.646. The summed E-state index contributed by atoms with van der Waals surface area (Å²) < 4.78 is 3.35. The largest absolute Gasteiger partial charge is 0.329 e. The fourth-order valence-corrected chi connectivity index (χ4v) is 1.30. The molecular weight excluding hydrogens is 154 g/mol. The third-order valence-electron chi connectivity index (χ3n) is 2.30. The van der Waals surface area contributed by atoms with E-state index in [9.17, 15) is 4.79 Å². The van der Waals surface area contributed by atoms with Gasteiger partial charge in [-0.3, -0.25) is 9.13 Å². The van der Waals surface area contributed by atoms with E-state index in [-0.39, 0.29) is 5.69 Å². The van der Waals surface area contributed by atoms with E-state index in [2.05, 4.69) is 0 Å². The van der Waals surface area contributed by atoms with Crippen LogP contribution in [0.5, 0.6) is 0 Å². The number of aromatic nitrogens is 2. The van der Waals surface area contributed by atoms with Crippen molar-refractivity contribution in [2.75, 3.05) is 6.54 Å². The van der Waals surface area contributed by atoms with Crippen LogP contribution in [-0.2, 0) is 13.6 Å². The van der Waals surface area contributed by atoms with E-state index in [1.54, 1.807) is 16.2 Å². The van der Waals surface area contributed by atoms with Gasteiger partial charge in [-0.25, -0.2) is 4.79 Å². The highest BCUT2D eigenvalue weighted by Crippen LogP contribution is 2.01. The Bertz CT molecular complexity index is 335. The van der Waals surface area contributed by atoms with E-state index in [0.717, 1.165) is 11.4 Å². The van der Waals surface area contributed by atoms with Gasteiger partial charge < -0.3 is 5.73 Å². The van der Waals surface area contributed by atoms with Crippen molar-refractivity contribution >= 4 is 0 Å². The average molecular weight is 169 g/mol. The van der Waals surface area contributed by atoms with Crippen molar-refractivity contribution in [3.05, 3.63) is 21.9 Å². The monoisotopic (exact) mass is 169 g/mol. The Balaban J connectivity index is 3.28. The number of rotatable bonds is 2. The Labute approximate surface area is 71.6 Å². The van der Waals surface area contributed by atoms with Crippen LogP contribution in [0.15, 0.2) is 4.79 Å². The first-order valence-electron chi connectivity index (χ1n) is 4.02. The molecule has 0 radical (unpaired) electrons. The van der Waals surface area contributed by atoms with Crippen LogP contribution < -0.4 is 11.4 Å². The van der Waals surface area contributed by atoms with E-state index in [0.29, 0.717) is 13.1 Å². The second-order valence-corrected chi connectivity index (χ2v) is 2.95. The van der Waals surface area contributed by atoms with Crippen molar-refractivity contribution in [2.45, 2.75) is 20.4 Å². The minimum atomic E-state index is 0.0236. The molecule has 4 heteroatoms. The number of imidazole rings is 1. The quantitative estimate of drug-likeness (QED) is 0.664. The van der Waals surface area contributed by atoms with Gasteiger partial charge in [0.15, 0.2) is 0 Å². The van der Waals surface area contributed by atoms with E-state index >= 15 is 0 Å². The summed E-state index contributed by atoms with van der Waals surface area (Å²) in [6, 6.07) is 0. The Kier molecular flexibility index (Phi) is 2.38.